The number of fused-ring (bicyclic) bond motifs is 5. The van der Waals surface area contributed by atoms with Gasteiger partial charge in [-0.15, -0.1) is 0 Å². The van der Waals surface area contributed by atoms with Gasteiger partial charge in [0, 0.05) is 21.4 Å². The van der Waals surface area contributed by atoms with E-state index >= 15 is 0 Å². The summed E-state index contributed by atoms with van der Waals surface area (Å²) in [4.78, 5) is 0.974. The van der Waals surface area contributed by atoms with Gasteiger partial charge in [0.1, 0.15) is 0 Å². The summed E-state index contributed by atoms with van der Waals surface area (Å²) in [5.41, 5.74) is 0.874. The lowest BCUT2D eigenvalue weighted by atomic mass is 10.2. The van der Waals surface area contributed by atoms with Crippen LogP contribution in [0.25, 0.3) is 26.7 Å². The summed E-state index contributed by atoms with van der Waals surface area (Å²) in [6, 6.07) is 25.6. The third-order valence-corrected chi connectivity index (χ3v) is 9.19. The van der Waals surface area contributed by atoms with E-state index < -0.39 is 17.4 Å². The van der Waals surface area contributed by atoms with Crippen molar-refractivity contribution in [3.05, 3.63) is 78.9 Å². The van der Waals surface area contributed by atoms with Gasteiger partial charge in [-0.1, -0.05) is 74.3 Å². The Morgan fingerprint density at radius 3 is 2.21 bits per heavy atom. The van der Waals surface area contributed by atoms with Crippen LogP contribution in [0.5, 0.6) is 0 Å². The van der Waals surface area contributed by atoms with Crippen molar-refractivity contribution in [2.75, 3.05) is 0 Å². The smallest absolute Gasteiger partial charge is 0.208 e. The van der Waals surface area contributed by atoms with Gasteiger partial charge in [0.25, 0.3) is 0 Å². The second-order valence-electron chi connectivity index (χ2n) is 5.87. The van der Waals surface area contributed by atoms with Crippen LogP contribution in [0.1, 0.15) is 0 Å². The molecule has 1 aliphatic rings. The monoisotopic (exact) mass is 348 g/mol. The maximum Gasteiger partial charge on any atom is 0.208 e. The van der Waals surface area contributed by atoms with Gasteiger partial charge >= 0.3 is 0 Å². The zero-order valence-corrected chi connectivity index (χ0v) is 14.4. The summed E-state index contributed by atoms with van der Waals surface area (Å²) in [5, 5.41) is 4.20. The second kappa shape index (κ2) is 4.83. The lowest BCUT2D eigenvalue weighted by Gasteiger charge is -2.07. The molecule has 0 saturated heterocycles. The molecule has 2 nitrogen and oxygen atoms in total. The van der Waals surface area contributed by atoms with Crippen molar-refractivity contribution < 1.29 is 8.42 Å². The minimum absolute atomic E-state index is 0.452. The van der Waals surface area contributed by atoms with Gasteiger partial charge in [-0.2, -0.15) is 0 Å². The Morgan fingerprint density at radius 2 is 1.38 bits per heavy atom. The Balaban J connectivity index is 2.05. The van der Waals surface area contributed by atoms with Gasteiger partial charge in [0.2, 0.25) is 9.84 Å². The summed E-state index contributed by atoms with van der Waals surface area (Å²) in [5.74, 6) is 0. The van der Waals surface area contributed by atoms with E-state index in [-0.39, 0.29) is 0 Å². The number of benzene rings is 3. The van der Waals surface area contributed by atoms with Crippen LogP contribution in [0.4, 0.5) is 0 Å². The van der Waals surface area contributed by atoms with Crippen molar-refractivity contribution in [1.29, 1.82) is 0 Å². The lowest BCUT2D eigenvalue weighted by molar-refractivity contribution is 0.599. The van der Waals surface area contributed by atoms with Crippen LogP contribution in [0.2, 0.25) is 0 Å². The molecule has 24 heavy (non-hydrogen) atoms. The molecule has 0 saturated carbocycles. The van der Waals surface area contributed by atoms with Crippen molar-refractivity contribution in [3.8, 4) is 16.2 Å². The van der Waals surface area contributed by atoms with Crippen LogP contribution >= 0.6 is 7.53 Å². The molecule has 1 unspecified atom stereocenters. The van der Waals surface area contributed by atoms with E-state index in [0.717, 1.165) is 21.4 Å². The molecule has 0 bridgehead atoms. The van der Waals surface area contributed by atoms with E-state index in [0.29, 0.717) is 9.79 Å². The molecule has 3 aromatic carbocycles. The summed E-state index contributed by atoms with van der Waals surface area (Å²) in [6.07, 6.45) is 0. The second-order valence-corrected chi connectivity index (χ2v) is 9.84. The number of rotatable bonds is 1. The SMILES string of the molecule is O=S1(=O)c2ccccc2-c2c1c1ccccc1p2-c1ccccc1. The van der Waals surface area contributed by atoms with Crippen molar-refractivity contribution in [1.82, 2.24) is 0 Å². The molecular formula is C20H13O2PS. The Hall–Kier alpha value is -2.35. The van der Waals surface area contributed by atoms with E-state index in [2.05, 4.69) is 18.2 Å². The molecular weight excluding hydrogens is 335 g/mol. The molecule has 4 aromatic rings. The Bertz CT molecular complexity index is 1210. The standard InChI is InChI=1S/C20H13O2PS/c21-24(22)18-13-7-5-11-16(18)19-20(24)15-10-4-6-12-17(15)23(19)14-8-2-1-3-9-14/h1-13H. The van der Waals surface area contributed by atoms with Crippen LogP contribution in [-0.4, -0.2) is 8.42 Å². The van der Waals surface area contributed by atoms with E-state index in [4.69, 9.17) is 0 Å². The maximum atomic E-state index is 13.2. The quantitative estimate of drug-likeness (QED) is 0.393. The molecule has 1 aliphatic heterocycles. The molecule has 0 amide bonds. The Morgan fingerprint density at radius 1 is 0.708 bits per heavy atom. The van der Waals surface area contributed by atoms with Crippen LogP contribution in [-0.2, 0) is 9.84 Å². The average molecular weight is 348 g/mol. The molecule has 0 radical (unpaired) electrons. The molecule has 1 atom stereocenters. The fourth-order valence-electron chi connectivity index (χ4n) is 3.58. The van der Waals surface area contributed by atoms with Crippen LogP contribution in [0.15, 0.2) is 88.7 Å². The van der Waals surface area contributed by atoms with Crippen molar-refractivity contribution in [2.24, 2.45) is 0 Å². The predicted molar refractivity (Wildman–Crippen MR) is 98.9 cm³/mol. The predicted octanol–water partition coefficient (Wildman–Crippen LogP) is 5.63. The van der Waals surface area contributed by atoms with Crippen molar-refractivity contribution in [3.63, 3.8) is 0 Å². The maximum absolute atomic E-state index is 13.2. The molecule has 0 spiro atoms. The van der Waals surface area contributed by atoms with Gasteiger partial charge < -0.3 is 0 Å². The van der Waals surface area contributed by atoms with E-state index in [1.807, 2.05) is 48.5 Å². The summed E-state index contributed by atoms with van der Waals surface area (Å²) >= 11 is 0. The first-order chi connectivity index (χ1) is 11.7. The minimum Gasteiger partial charge on any atom is -0.218 e. The van der Waals surface area contributed by atoms with E-state index in [9.17, 15) is 8.42 Å². The number of sulfone groups is 1. The third-order valence-electron chi connectivity index (χ3n) is 4.54. The molecule has 116 valence electrons. The Labute approximate surface area is 141 Å². The summed E-state index contributed by atoms with van der Waals surface area (Å²) < 4.78 is 26.3. The van der Waals surface area contributed by atoms with E-state index in [1.54, 1.807) is 12.1 Å². The third kappa shape index (κ3) is 1.69. The first-order valence-corrected chi connectivity index (χ1v) is 10.6. The molecule has 0 fully saturated rings. The molecule has 5 rings (SSSR count). The largest absolute Gasteiger partial charge is 0.218 e. The molecule has 2 heterocycles. The summed E-state index contributed by atoms with van der Waals surface area (Å²) in [7, 11) is -4.28. The zero-order chi connectivity index (χ0) is 16.3. The summed E-state index contributed by atoms with van der Waals surface area (Å²) in [6.45, 7) is 0. The van der Waals surface area contributed by atoms with Crippen LogP contribution in [0.3, 0.4) is 0 Å². The number of hydrogen-bond acceptors (Lipinski definition) is 2. The zero-order valence-electron chi connectivity index (χ0n) is 12.7. The molecule has 1 aromatic heterocycles. The average Bonchev–Trinajstić information content (AvgIpc) is 3.08. The van der Waals surface area contributed by atoms with Gasteiger partial charge in [0.05, 0.1) is 9.79 Å². The lowest BCUT2D eigenvalue weighted by Crippen LogP contribution is -1.96. The van der Waals surface area contributed by atoms with E-state index in [1.165, 1.54) is 5.30 Å². The Kier molecular flexibility index (Phi) is 2.82. The highest BCUT2D eigenvalue weighted by Gasteiger charge is 2.38. The molecule has 0 N–H and O–H groups in total. The fraction of sp³-hybridized carbons (Fsp3) is 0. The molecule has 4 heteroatoms. The fourth-order valence-corrected chi connectivity index (χ4v) is 8.80. The number of hydrogen-bond donors (Lipinski definition) is 0. The first kappa shape index (κ1) is 14.0. The van der Waals surface area contributed by atoms with Gasteiger partial charge in [-0.3, -0.25) is 0 Å². The topological polar surface area (TPSA) is 34.1 Å². The first-order valence-electron chi connectivity index (χ1n) is 7.73. The van der Waals surface area contributed by atoms with Gasteiger partial charge in [-0.25, -0.2) is 8.42 Å². The van der Waals surface area contributed by atoms with Crippen LogP contribution in [0, 0.1) is 0 Å². The minimum atomic E-state index is -3.44. The molecule has 0 aliphatic carbocycles. The van der Waals surface area contributed by atoms with Crippen molar-refractivity contribution >= 4 is 27.9 Å². The highest BCUT2D eigenvalue weighted by molar-refractivity contribution is 7.93. The highest BCUT2D eigenvalue weighted by atomic mass is 32.2. The van der Waals surface area contributed by atoms with Crippen LogP contribution < -0.4 is 0 Å². The highest BCUT2D eigenvalue weighted by Crippen LogP contribution is 2.63. The van der Waals surface area contributed by atoms with Crippen molar-refractivity contribution in [2.45, 2.75) is 9.79 Å². The van der Waals surface area contributed by atoms with Gasteiger partial charge in [0.15, 0.2) is 0 Å². The van der Waals surface area contributed by atoms with Gasteiger partial charge in [-0.05, 0) is 17.4 Å². The normalized spacial score (nSPS) is 15.2.